The van der Waals surface area contributed by atoms with Crippen molar-refractivity contribution in [2.45, 2.75) is 18.7 Å². The molecule has 8 nitrogen and oxygen atoms in total. The van der Waals surface area contributed by atoms with Gasteiger partial charge >= 0.3 is 6.01 Å². The van der Waals surface area contributed by atoms with Gasteiger partial charge in [0.2, 0.25) is 5.89 Å². The van der Waals surface area contributed by atoms with Crippen molar-refractivity contribution in [1.82, 2.24) is 10.2 Å². The third kappa shape index (κ3) is 2.99. The van der Waals surface area contributed by atoms with Crippen molar-refractivity contribution in [2.24, 2.45) is 0 Å². The minimum atomic E-state index is -3.93. The van der Waals surface area contributed by atoms with Crippen LogP contribution >= 0.6 is 0 Å². The van der Waals surface area contributed by atoms with E-state index in [0.717, 1.165) is 0 Å². The Balaban J connectivity index is 2.40. The summed E-state index contributed by atoms with van der Waals surface area (Å²) in [5.41, 5.74) is 5.92. The van der Waals surface area contributed by atoms with E-state index in [2.05, 4.69) is 14.9 Å². The molecule has 1 heterocycles. The molecule has 0 radical (unpaired) electrons. The van der Waals surface area contributed by atoms with Gasteiger partial charge in [-0.3, -0.25) is 0 Å². The number of nitrogens with one attached hydrogen (secondary N) is 1. The van der Waals surface area contributed by atoms with Crippen molar-refractivity contribution < 1.29 is 17.6 Å². The fourth-order valence-electron chi connectivity index (χ4n) is 1.52. The molecule has 20 heavy (non-hydrogen) atoms. The first-order valence-electron chi connectivity index (χ1n) is 5.77. The van der Waals surface area contributed by atoms with Crippen LogP contribution in [0.15, 0.2) is 27.5 Å². The smallest absolute Gasteiger partial charge is 0.329 e. The molecule has 0 atom stereocenters. The van der Waals surface area contributed by atoms with Gasteiger partial charge in [0.15, 0.2) is 0 Å². The maximum absolute atomic E-state index is 12.3. The standard InChI is InChI=1S/C11H14N4O4S/c1-3-18-9-5-4-8(12)6-10(9)20(16,17)15-11-14-13-7(2)19-11/h4-6H,3,12H2,1-2H3,(H,14,15). The van der Waals surface area contributed by atoms with Crippen LogP contribution in [0.4, 0.5) is 11.7 Å². The summed E-state index contributed by atoms with van der Waals surface area (Å²) in [7, 11) is -3.93. The summed E-state index contributed by atoms with van der Waals surface area (Å²) in [5.74, 6) is 0.450. The number of sulfonamides is 1. The molecule has 1 aromatic carbocycles. The molecule has 2 aromatic rings. The van der Waals surface area contributed by atoms with Crippen LogP contribution < -0.4 is 15.2 Å². The van der Waals surface area contributed by atoms with Gasteiger partial charge in [0, 0.05) is 12.6 Å². The monoisotopic (exact) mass is 298 g/mol. The first kappa shape index (κ1) is 14.1. The van der Waals surface area contributed by atoms with Crippen molar-refractivity contribution in [3.05, 3.63) is 24.1 Å². The number of anilines is 2. The number of nitrogens with zero attached hydrogens (tertiary/aromatic N) is 2. The van der Waals surface area contributed by atoms with Crippen LogP contribution in [0.3, 0.4) is 0 Å². The number of benzene rings is 1. The molecule has 1 aromatic heterocycles. The molecule has 0 unspecified atom stereocenters. The number of nitrogens with two attached hydrogens (primary N) is 1. The van der Waals surface area contributed by atoms with E-state index < -0.39 is 10.0 Å². The topological polar surface area (TPSA) is 120 Å². The number of rotatable bonds is 5. The normalized spacial score (nSPS) is 11.3. The summed E-state index contributed by atoms with van der Waals surface area (Å²) < 4.78 is 37.0. The third-order valence-corrected chi connectivity index (χ3v) is 3.65. The quantitative estimate of drug-likeness (QED) is 0.794. The average Bonchev–Trinajstić information content (AvgIpc) is 2.76. The second-order valence-electron chi connectivity index (χ2n) is 3.87. The van der Waals surface area contributed by atoms with Crippen LogP contribution in [0.1, 0.15) is 12.8 Å². The molecule has 0 spiro atoms. The molecule has 0 aliphatic rings. The first-order chi connectivity index (χ1) is 9.42. The van der Waals surface area contributed by atoms with Gasteiger partial charge in [0.05, 0.1) is 6.61 Å². The van der Waals surface area contributed by atoms with Crippen LogP contribution in [0.2, 0.25) is 0 Å². The number of aromatic nitrogens is 2. The second-order valence-corrected chi connectivity index (χ2v) is 5.52. The highest BCUT2D eigenvalue weighted by Crippen LogP contribution is 2.27. The van der Waals surface area contributed by atoms with E-state index in [1.807, 2.05) is 0 Å². The Morgan fingerprint density at radius 3 is 2.75 bits per heavy atom. The Morgan fingerprint density at radius 2 is 2.15 bits per heavy atom. The van der Waals surface area contributed by atoms with Gasteiger partial charge in [0.1, 0.15) is 10.6 Å². The molecule has 3 N–H and O–H groups in total. The fourth-order valence-corrected chi connectivity index (χ4v) is 2.62. The van der Waals surface area contributed by atoms with Crippen molar-refractivity contribution in [2.75, 3.05) is 17.1 Å². The minimum Gasteiger partial charge on any atom is -0.492 e. The lowest BCUT2D eigenvalue weighted by Gasteiger charge is -2.11. The SMILES string of the molecule is CCOc1ccc(N)cc1S(=O)(=O)Nc1nnc(C)o1. The van der Waals surface area contributed by atoms with Gasteiger partial charge < -0.3 is 14.9 Å². The zero-order chi connectivity index (χ0) is 14.8. The van der Waals surface area contributed by atoms with E-state index in [1.54, 1.807) is 19.9 Å². The van der Waals surface area contributed by atoms with Crippen LogP contribution in [-0.2, 0) is 10.0 Å². The predicted molar refractivity (Wildman–Crippen MR) is 71.9 cm³/mol. The van der Waals surface area contributed by atoms with E-state index in [9.17, 15) is 8.42 Å². The molecular formula is C11H14N4O4S. The van der Waals surface area contributed by atoms with Crippen molar-refractivity contribution in [1.29, 1.82) is 0 Å². The largest absolute Gasteiger partial charge is 0.492 e. The lowest BCUT2D eigenvalue weighted by molar-refractivity contribution is 0.331. The van der Waals surface area contributed by atoms with E-state index in [1.165, 1.54) is 12.1 Å². The van der Waals surface area contributed by atoms with Crippen LogP contribution in [0, 0.1) is 6.92 Å². The summed E-state index contributed by atoms with van der Waals surface area (Å²) in [5, 5.41) is 7.12. The van der Waals surface area contributed by atoms with Crippen LogP contribution in [-0.4, -0.2) is 25.2 Å². The van der Waals surface area contributed by atoms with Crippen molar-refractivity contribution in [3.8, 4) is 5.75 Å². The highest BCUT2D eigenvalue weighted by Gasteiger charge is 2.22. The molecular weight excluding hydrogens is 284 g/mol. The molecule has 0 aliphatic carbocycles. The highest BCUT2D eigenvalue weighted by molar-refractivity contribution is 7.92. The fraction of sp³-hybridized carbons (Fsp3) is 0.273. The summed E-state index contributed by atoms with van der Waals surface area (Å²) >= 11 is 0. The lowest BCUT2D eigenvalue weighted by Crippen LogP contribution is -2.15. The van der Waals surface area contributed by atoms with E-state index in [0.29, 0.717) is 12.3 Å². The summed E-state index contributed by atoms with van der Waals surface area (Å²) in [4.78, 5) is -0.0878. The molecule has 0 fully saturated rings. The lowest BCUT2D eigenvalue weighted by atomic mass is 10.3. The maximum Gasteiger partial charge on any atom is 0.329 e. The number of ether oxygens (including phenoxy) is 1. The van der Waals surface area contributed by atoms with Gasteiger partial charge in [-0.2, -0.15) is 0 Å². The van der Waals surface area contributed by atoms with E-state index >= 15 is 0 Å². The van der Waals surface area contributed by atoms with E-state index in [4.69, 9.17) is 14.9 Å². The van der Waals surface area contributed by atoms with Gasteiger partial charge in [-0.25, -0.2) is 13.1 Å². The molecule has 108 valence electrons. The Kier molecular flexibility index (Phi) is 3.79. The van der Waals surface area contributed by atoms with Crippen molar-refractivity contribution >= 4 is 21.7 Å². The molecule has 9 heteroatoms. The molecule has 0 aliphatic heterocycles. The summed E-state index contributed by atoms with van der Waals surface area (Å²) in [6, 6.07) is 4.14. The average molecular weight is 298 g/mol. The second kappa shape index (κ2) is 5.37. The number of nitrogen functional groups attached to an aromatic ring is 1. The predicted octanol–water partition coefficient (Wildman–Crippen LogP) is 1.16. The minimum absolute atomic E-state index is 0.0878. The van der Waals surface area contributed by atoms with E-state index in [-0.39, 0.29) is 22.6 Å². The maximum atomic E-state index is 12.3. The van der Waals surface area contributed by atoms with Gasteiger partial charge in [-0.1, -0.05) is 5.10 Å². The molecule has 0 saturated heterocycles. The molecule has 0 amide bonds. The number of hydrogen-bond donors (Lipinski definition) is 2. The Morgan fingerprint density at radius 1 is 1.40 bits per heavy atom. The zero-order valence-corrected chi connectivity index (χ0v) is 11.8. The van der Waals surface area contributed by atoms with Crippen molar-refractivity contribution in [3.63, 3.8) is 0 Å². The van der Waals surface area contributed by atoms with Gasteiger partial charge in [-0.15, -0.1) is 5.10 Å². The number of hydrogen-bond acceptors (Lipinski definition) is 7. The Hall–Kier alpha value is -2.29. The number of aryl methyl sites for hydroxylation is 1. The zero-order valence-electron chi connectivity index (χ0n) is 11.0. The Bertz CT molecular complexity index is 711. The molecule has 0 saturated carbocycles. The molecule has 2 rings (SSSR count). The van der Waals surface area contributed by atoms with Gasteiger partial charge in [0.25, 0.3) is 10.0 Å². The highest BCUT2D eigenvalue weighted by atomic mass is 32.2. The summed E-state index contributed by atoms with van der Waals surface area (Å²) in [6.07, 6.45) is 0. The third-order valence-electron chi connectivity index (χ3n) is 2.30. The molecule has 0 bridgehead atoms. The van der Waals surface area contributed by atoms with Gasteiger partial charge in [-0.05, 0) is 25.1 Å². The van der Waals surface area contributed by atoms with Crippen LogP contribution in [0.25, 0.3) is 0 Å². The van der Waals surface area contributed by atoms with Crippen LogP contribution in [0.5, 0.6) is 5.75 Å². The summed E-state index contributed by atoms with van der Waals surface area (Å²) in [6.45, 7) is 3.63. The Labute approximate surface area is 116 Å². The first-order valence-corrected chi connectivity index (χ1v) is 7.26.